The lowest BCUT2D eigenvalue weighted by Gasteiger charge is -2.35. The van der Waals surface area contributed by atoms with Gasteiger partial charge in [-0.3, -0.25) is 0 Å². The second-order valence-electron chi connectivity index (χ2n) is 12.8. The van der Waals surface area contributed by atoms with Crippen molar-refractivity contribution in [2.24, 2.45) is 5.92 Å². The van der Waals surface area contributed by atoms with Gasteiger partial charge in [-0.1, -0.05) is 44.9 Å². The summed E-state index contributed by atoms with van der Waals surface area (Å²) in [6.45, 7) is 19.0. The summed E-state index contributed by atoms with van der Waals surface area (Å²) in [4.78, 5) is 0. The second kappa shape index (κ2) is 14.0. The lowest BCUT2D eigenvalue weighted by atomic mass is 9.88. The molecule has 3 atom stereocenters. The number of epoxide rings is 1. The Hall–Kier alpha value is 0.924. The lowest BCUT2D eigenvalue weighted by molar-refractivity contribution is 0.355. The molecule has 1 aliphatic carbocycles. The van der Waals surface area contributed by atoms with Crippen LogP contribution in [0.5, 0.6) is 0 Å². The molecule has 194 valence electrons. The highest BCUT2D eigenvalue weighted by Gasteiger charge is 2.44. The maximum atomic E-state index is 6.91. The van der Waals surface area contributed by atoms with Crippen molar-refractivity contribution in [1.29, 1.82) is 0 Å². The number of ether oxygens (including phenoxy) is 1. The first-order chi connectivity index (χ1) is 15.4. The highest BCUT2D eigenvalue weighted by molar-refractivity contribution is 6.84. The highest BCUT2D eigenvalue weighted by Crippen LogP contribution is 2.41. The van der Waals surface area contributed by atoms with E-state index in [0.717, 1.165) is 5.92 Å². The third-order valence-electron chi connectivity index (χ3n) is 7.23. The van der Waals surface area contributed by atoms with E-state index in [2.05, 4.69) is 52.4 Å². The predicted molar refractivity (Wildman–Crippen MR) is 153 cm³/mol. The standard InChI is InChI=1S/C24H54O4Si5/c1-30(2)26-29-27-31(3,4)18-13-11-9-10-12-14-19-32(5,6)28-33(7,8)20-17-22-15-16-23-24(21-22)25-23/h22-24,30H,9-21H2,1-8H3. The van der Waals surface area contributed by atoms with Crippen LogP contribution in [-0.4, -0.2) is 56.2 Å². The van der Waals surface area contributed by atoms with Crippen molar-refractivity contribution in [2.75, 3.05) is 0 Å². The third kappa shape index (κ3) is 13.7. The molecule has 1 saturated carbocycles. The first-order valence-corrected chi connectivity index (χ1v) is 26.8. The van der Waals surface area contributed by atoms with Crippen LogP contribution in [0.3, 0.4) is 0 Å². The van der Waals surface area contributed by atoms with Crippen LogP contribution in [0.25, 0.3) is 0 Å². The van der Waals surface area contributed by atoms with Gasteiger partial charge in [0.25, 0.3) is 0 Å². The summed E-state index contributed by atoms with van der Waals surface area (Å²) in [5, 5.41) is 0. The van der Waals surface area contributed by atoms with Crippen molar-refractivity contribution in [3.63, 3.8) is 0 Å². The molecule has 0 N–H and O–H groups in total. The fraction of sp³-hybridized carbons (Fsp3) is 1.00. The van der Waals surface area contributed by atoms with Gasteiger partial charge in [0, 0.05) is 0 Å². The van der Waals surface area contributed by atoms with E-state index in [9.17, 15) is 0 Å². The molecular formula is C24H54O4Si5. The number of hydrogen-bond donors (Lipinski definition) is 0. The molecule has 33 heavy (non-hydrogen) atoms. The van der Waals surface area contributed by atoms with Crippen LogP contribution >= 0.6 is 0 Å². The van der Waals surface area contributed by atoms with E-state index in [-0.39, 0.29) is 10.0 Å². The van der Waals surface area contributed by atoms with Crippen LogP contribution in [0.4, 0.5) is 0 Å². The first kappa shape index (κ1) is 30.2. The molecule has 0 aromatic heterocycles. The smallest absolute Gasteiger partial charge is 0.409 e. The van der Waals surface area contributed by atoms with E-state index < -0.39 is 34.0 Å². The average molecular weight is 547 g/mol. The Bertz CT molecular complexity index is 559. The Kier molecular flexibility index (Phi) is 12.8. The molecular weight excluding hydrogens is 493 g/mol. The minimum Gasteiger partial charge on any atom is -0.455 e. The highest BCUT2D eigenvalue weighted by atomic mass is 28.4. The van der Waals surface area contributed by atoms with Gasteiger partial charge in [0.1, 0.15) is 0 Å². The lowest BCUT2D eigenvalue weighted by Crippen LogP contribution is -2.44. The summed E-state index contributed by atoms with van der Waals surface area (Å²) in [6, 6.07) is 3.94. The SMILES string of the molecule is C[SiH](C)O[Si]O[Si](C)(C)CCCCCCCC[Si](C)(C)O[Si](C)(C)CCC1CCC2OC2C1. The van der Waals surface area contributed by atoms with E-state index in [0.29, 0.717) is 12.2 Å². The fourth-order valence-electron chi connectivity index (χ4n) is 5.24. The Morgan fingerprint density at radius 1 is 0.758 bits per heavy atom. The maximum Gasteiger partial charge on any atom is 0.409 e. The molecule has 2 aliphatic rings. The summed E-state index contributed by atoms with van der Waals surface area (Å²) in [6.07, 6.45) is 14.8. The van der Waals surface area contributed by atoms with E-state index >= 15 is 0 Å². The Morgan fingerprint density at radius 2 is 1.33 bits per heavy atom. The van der Waals surface area contributed by atoms with E-state index in [1.807, 2.05) is 0 Å². The monoisotopic (exact) mass is 546 g/mol. The minimum atomic E-state index is -1.54. The van der Waals surface area contributed by atoms with Gasteiger partial charge < -0.3 is 17.1 Å². The summed E-state index contributed by atoms with van der Waals surface area (Å²) in [7, 11) is -5.26. The second-order valence-corrected chi connectivity index (χ2v) is 29.7. The Labute approximate surface area is 213 Å². The first-order valence-electron chi connectivity index (χ1n) is 13.8. The number of rotatable bonds is 18. The molecule has 0 spiro atoms. The van der Waals surface area contributed by atoms with Crippen LogP contribution in [0.15, 0.2) is 0 Å². The van der Waals surface area contributed by atoms with Gasteiger partial charge in [0.2, 0.25) is 0 Å². The van der Waals surface area contributed by atoms with E-state index in [1.165, 1.54) is 82.3 Å². The van der Waals surface area contributed by atoms with Crippen molar-refractivity contribution in [3.8, 4) is 0 Å². The predicted octanol–water partition coefficient (Wildman–Crippen LogP) is 7.47. The van der Waals surface area contributed by atoms with E-state index in [4.69, 9.17) is 17.1 Å². The normalized spacial score (nSPS) is 23.7. The molecule has 9 heteroatoms. The van der Waals surface area contributed by atoms with Gasteiger partial charge in [-0.15, -0.1) is 0 Å². The minimum absolute atomic E-state index is 0.280. The molecule has 0 bridgehead atoms. The van der Waals surface area contributed by atoms with Gasteiger partial charge in [-0.2, -0.15) is 0 Å². The van der Waals surface area contributed by atoms with Crippen LogP contribution in [0.1, 0.15) is 64.2 Å². The third-order valence-corrected chi connectivity index (χ3v) is 21.1. The van der Waals surface area contributed by atoms with Gasteiger partial charge in [-0.25, -0.2) is 0 Å². The molecule has 0 aromatic rings. The van der Waals surface area contributed by atoms with Crippen molar-refractivity contribution >= 4 is 44.0 Å². The molecule has 0 aromatic carbocycles. The molecule has 1 saturated heterocycles. The molecule has 1 heterocycles. The Balaban J connectivity index is 1.48. The van der Waals surface area contributed by atoms with Crippen molar-refractivity contribution < 1.29 is 17.1 Å². The topological polar surface area (TPSA) is 40.2 Å². The molecule has 0 amide bonds. The molecule has 2 rings (SSSR count). The van der Waals surface area contributed by atoms with Crippen molar-refractivity contribution in [3.05, 3.63) is 0 Å². The summed E-state index contributed by atoms with van der Waals surface area (Å²) in [5.41, 5.74) is 0. The van der Waals surface area contributed by atoms with Crippen molar-refractivity contribution in [1.82, 2.24) is 0 Å². The van der Waals surface area contributed by atoms with Crippen LogP contribution in [0.2, 0.25) is 70.5 Å². The molecule has 3 unspecified atom stereocenters. The van der Waals surface area contributed by atoms with Crippen LogP contribution in [-0.2, 0) is 17.1 Å². The van der Waals surface area contributed by atoms with E-state index in [1.54, 1.807) is 0 Å². The quantitative estimate of drug-likeness (QED) is 0.102. The summed E-state index contributed by atoms with van der Waals surface area (Å²) >= 11 is 0. The summed E-state index contributed by atoms with van der Waals surface area (Å²) in [5.74, 6) is 0.893. The zero-order valence-corrected chi connectivity index (χ0v) is 28.3. The number of unbranched alkanes of at least 4 members (excludes halogenated alkanes) is 5. The molecule has 2 radical (unpaired) electrons. The molecule has 2 fully saturated rings. The average Bonchev–Trinajstić information content (AvgIpc) is 3.46. The fourth-order valence-corrected chi connectivity index (χ4v) is 18.1. The number of fused-ring (bicyclic) bond motifs is 1. The van der Waals surface area contributed by atoms with Crippen molar-refractivity contribution in [2.45, 2.75) is 147 Å². The molecule has 1 aliphatic heterocycles. The largest absolute Gasteiger partial charge is 0.455 e. The van der Waals surface area contributed by atoms with Gasteiger partial charge in [-0.05, 0) is 95.7 Å². The van der Waals surface area contributed by atoms with Gasteiger partial charge in [0.05, 0.1) is 12.2 Å². The van der Waals surface area contributed by atoms with Gasteiger partial charge >= 0.3 is 10.0 Å². The number of hydrogen-bond acceptors (Lipinski definition) is 4. The maximum absolute atomic E-state index is 6.91. The van der Waals surface area contributed by atoms with Crippen LogP contribution < -0.4 is 0 Å². The summed E-state index contributed by atoms with van der Waals surface area (Å²) < 4.78 is 24.4. The zero-order chi connectivity index (χ0) is 24.5. The molecule has 4 nitrogen and oxygen atoms in total. The zero-order valence-electron chi connectivity index (χ0n) is 23.1. The van der Waals surface area contributed by atoms with Crippen LogP contribution in [0, 0.1) is 5.92 Å². The Morgan fingerprint density at radius 3 is 1.94 bits per heavy atom. The van der Waals surface area contributed by atoms with Gasteiger partial charge in [0.15, 0.2) is 34.0 Å².